The monoisotopic (exact) mass is 246 g/mol. The van der Waals surface area contributed by atoms with Crippen LogP contribution in [0, 0.1) is 17.8 Å². The Labute approximate surface area is 104 Å². The van der Waals surface area contributed by atoms with Crippen LogP contribution in [0.25, 0.3) is 0 Å². The molecule has 16 heavy (non-hydrogen) atoms. The second-order valence-electron chi connectivity index (χ2n) is 5.34. The van der Waals surface area contributed by atoms with E-state index in [2.05, 4.69) is 12.2 Å². The maximum atomic E-state index is 11.8. The van der Waals surface area contributed by atoms with Crippen LogP contribution in [0.5, 0.6) is 0 Å². The van der Waals surface area contributed by atoms with Crippen LogP contribution in [0.4, 0.5) is 0 Å². The molecule has 1 amide bonds. The van der Waals surface area contributed by atoms with Crippen molar-refractivity contribution in [2.24, 2.45) is 23.5 Å². The zero-order valence-corrected chi connectivity index (χ0v) is 10.8. The van der Waals surface area contributed by atoms with Gasteiger partial charge in [-0.05, 0) is 37.5 Å². The Morgan fingerprint density at radius 1 is 1.38 bits per heavy atom. The minimum atomic E-state index is 0. The van der Waals surface area contributed by atoms with Gasteiger partial charge in [0.25, 0.3) is 0 Å². The molecule has 3 N–H and O–H groups in total. The van der Waals surface area contributed by atoms with Gasteiger partial charge in [-0.1, -0.05) is 13.3 Å². The molecular weight excluding hydrogens is 224 g/mol. The molecule has 0 radical (unpaired) electrons. The Bertz CT molecular complexity index is 247. The third-order valence-electron chi connectivity index (χ3n) is 3.90. The molecule has 2 saturated carbocycles. The van der Waals surface area contributed by atoms with Gasteiger partial charge in [0.15, 0.2) is 0 Å². The number of amides is 1. The quantitative estimate of drug-likeness (QED) is 0.797. The first-order valence-electron chi connectivity index (χ1n) is 6.20. The standard InChI is InChI=1S/C12H22N2O.ClH/c1-8-5-10(8)7-14-12(15)9-3-2-4-11(13)6-9;/h8-11H,2-7,13H2,1H3,(H,14,15);1H. The van der Waals surface area contributed by atoms with Gasteiger partial charge >= 0.3 is 0 Å². The molecule has 2 aliphatic carbocycles. The van der Waals surface area contributed by atoms with Gasteiger partial charge in [-0.3, -0.25) is 4.79 Å². The molecule has 0 aromatic carbocycles. The first-order valence-corrected chi connectivity index (χ1v) is 6.20. The SMILES string of the molecule is CC1CC1CNC(=O)C1CCCC(N)C1.Cl. The number of hydrogen-bond acceptors (Lipinski definition) is 2. The molecular formula is C12H23ClN2O. The van der Waals surface area contributed by atoms with E-state index in [-0.39, 0.29) is 30.3 Å². The number of hydrogen-bond donors (Lipinski definition) is 2. The normalized spacial score (nSPS) is 37.4. The molecule has 0 aromatic heterocycles. The lowest BCUT2D eigenvalue weighted by molar-refractivity contribution is -0.126. The Hall–Kier alpha value is -0.280. The number of halogens is 1. The zero-order valence-electron chi connectivity index (χ0n) is 9.95. The molecule has 0 aliphatic heterocycles. The first-order chi connectivity index (χ1) is 7.16. The summed E-state index contributed by atoms with van der Waals surface area (Å²) in [6.07, 6.45) is 5.39. The van der Waals surface area contributed by atoms with Crippen molar-refractivity contribution in [1.29, 1.82) is 0 Å². The first kappa shape index (κ1) is 13.8. The summed E-state index contributed by atoms with van der Waals surface area (Å²) in [5.74, 6) is 1.98. The predicted molar refractivity (Wildman–Crippen MR) is 67.5 cm³/mol. The number of nitrogens with two attached hydrogens (primary N) is 1. The van der Waals surface area contributed by atoms with Crippen LogP contribution in [0.3, 0.4) is 0 Å². The molecule has 2 rings (SSSR count). The van der Waals surface area contributed by atoms with Crippen molar-refractivity contribution in [3.63, 3.8) is 0 Å². The van der Waals surface area contributed by atoms with E-state index in [1.807, 2.05) is 0 Å². The van der Waals surface area contributed by atoms with E-state index < -0.39 is 0 Å². The molecule has 4 atom stereocenters. The summed E-state index contributed by atoms with van der Waals surface area (Å²) in [4.78, 5) is 11.8. The topological polar surface area (TPSA) is 55.1 Å². The maximum absolute atomic E-state index is 11.8. The van der Waals surface area contributed by atoms with Gasteiger partial charge in [-0.25, -0.2) is 0 Å². The minimum absolute atomic E-state index is 0. The van der Waals surface area contributed by atoms with E-state index in [1.54, 1.807) is 0 Å². The summed E-state index contributed by atoms with van der Waals surface area (Å²) in [6, 6.07) is 0.245. The van der Waals surface area contributed by atoms with Gasteiger partial charge in [-0.2, -0.15) is 0 Å². The van der Waals surface area contributed by atoms with Crippen molar-refractivity contribution in [2.45, 2.75) is 45.1 Å². The summed E-state index contributed by atoms with van der Waals surface area (Å²) < 4.78 is 0. The van der Waals surface area contributed by atoms with E-state index in [0.29, 0.717) is 0 Å². The fourth-order valence-corrected chi connectivity index (χ4v) is 2.53. The fraction of sp³-hybridized carbons (Fsp3) is 0.917. The average molecular weight is 247 g/mol. The lowest BCUT2D eigenvalue weighted by Crippen LogP contribution is -2.38. The summed E-state index contributed by atoms with van der Waals surface area (Å²) in [6.45, 7) is 3.12. The Morgan fingerprint density at radius 2 is 2.06 bits per heavy atom. The molecule has 0 bridgehead atoms. The highest BCUT2D eigenvalue weighted by Crippen LogP contribution is 2.36. The average Bonchev–Trinajstić information content (AvgIpc) is 2.91. The molecule has 2 fully saturated rings. The highest BCUT2D eigenvalue weighted by molar-refractivity contribution is 5.85. The number of nitrogens with one attached hydrogen (secondary N) is 1. The van der Waals surface area contributed by atoms with Crippen LogP contribution < -0.4 is 11.1 Å². The molecule has 0 aromatic rings. The minimum Gasteiger partial charge on any atom is -0.356 e. The van der Waals surface area contributed by atoms with Crippen molar-refractivity contribution >= 4 is 18.3 Å². The molecule has 0 heterocycles. The molecule has 2 aliphatic rings. The summed E-state index contributed by atoms with van der Waals surface area (Å²) in [7, 11) is 0. The van der Waals surface area contributed by atoms with E-state index >= 15 is 0 Å². The van der Waals surface area contributed by atoms with Gasteiger partial charge in [0, 0.05) is 18.5 Å². The predicted octanol–water partition coefficient (Wildman–Crippen LogP) is 1.70. The third-order valence-corrected chi connectivity index (χ3v) is 3.90. The van der Waals surface area contributed by atoms with Crippen LogP contribution >= 0.6 is 12.4 Å². The Kier molecular flexibility index (Phi) is 5.06. The Balaban J connectivity index is 0.00000128. The Morgan fingerprint density at radius 3 is 2.62 bits per heavy atom. The van der Waals surface area contributed by atoms with E-state index in [0.717, 1.165) is 44.1 Å². The number of carbonyl (C=O) groups is 1. The van der Waals surface area contributed by atoms with E-state index in [9.17, 15) is 4.79 Å². The van der Waals surface area contributed by atoms with Crippen molar-refractivity contribution in [1.82, 2.24) is 5.32 Å². The molecule has 4 heteroatoms. The molecule has 0 saturated heterocycles. The second kappa shape index (κ2) is 5.87. The van der Waals surface area contributed by atoms with Crippen molar-refractivity contribution in [3.05, 3.63) is 0 Å². The van der Waals surface area contributed by atoms with Gasteiger partial charge in [0.1, 0.15) is 0 Å². The van der Waals surface area contributed by atoms with Gasteiger partial charge in [0.05, 0.1) is 0 Å². The number of carbonyl (C=O) groups excluding carboxylic acids is 1. The van der Waals surface area contributed by atoms with Crippen LogP contribution in [-0.2, 0) is 4.79 Å². The maximum Gasteiger partial charge on any atom is 0.223 e. The van der Waals surface area contributed by atoms with Gasteiger partial charge in [-0.15, -0.1) is 12.4 Å². The summed E-state index contributed by atoms with van der Waals surface area (Å²) in [5.41, 5.74) is 5.87. The van der Waals surface area contributed by atoms with Crippen molar-refractivity contribution in [3.8, 4) is 0 Å². The number of rotatable bonds is 3. The van der Waals surface area contributed by atoms with Gasteiger partial charge in [0.2, 0.25) is 5.91 Å². The molecule has 3 nitrogen and oxygen atoms in total. The van der Waals surface area contributed by atoms with Crippen molar-refractivity contribution in [2.75, 3.05) is 6.54 Å². The van der Waals surface area contributed by atoms with E-state index in [4.69, 9.17) is 5.73 Å². The smallest absolute Gasteiger partial charge is 0.223 e. The second-order valence-corrected chi connectivity index (χ2v) is 5.34. The summed E-state index contributed by atoms with van der Waals surface area (Å²) >= 11 is 0. The highest BCUT2D eigenvalue weighted by atomic mass is 35.5. The lowest BCUT2D eigenvalue weighted by Gasteiger charge is -2.25. The van der Waals surface area contributed by atoms with Crippen LogP contribution in [0.2, 0.25) is 0 Å². The van der Waals surface area contributed by atoms with Crippen LogP contribution in [0.15, 0.2) is 0 Å². The highest BCUT2D eigenvalue weighted by Gasteiger charge is 2.33. The summed E-state index contributed by atoms with van der Waals surface area (Å²) in [5, 5.41) is 3.07. The molecule has 4 unspecified atom stereocenters. The third kappa shape index (κ3) is 3.63. The van der Waals surface area contributed by atoms with Gasteiger partial charge < -0.3 is 11.1 Å². The van der Waals surface area contributed by atoms with Crippen molar-refractivity contribution < 1.29 is 4.79 Å². The van der Waals surface area contributed by atoms with E-state index in [1.165, 1.54) is 6.42 Å². The molecule has 94 valence electrons. The zero-order chi connectivity index (χ0) is 10.8. The molecule has 0 spiro atoms. The lowest BCUT2D eigenvalue weighted by atomic mass is 9.85. The van der Waals surface area contributed by atoms with Crippen LogP contribution in [-0.4, -0.2) is 18.5 Å². The largest absolute Gasteiger partial charge is 0.356 e. The van der Waals surface area contributed by atoms with Crippen LogP contribution in [0.1, 0.15) is 39.0 Å². The fourth-order valence-electron chi connectivity index (χ4n) is 2.53.